The van der Waals surface area contributed by atoms with Crippen molar-refractivity contribution in [2.24, 2.45) is 0 Å². The number of hydrogen-bond donors (Lipinski definition) is 1. The summed E-state index contributed by atoms with van der Waals surface area (Å²) < 4.78 is 5.88. The topological polar surface area (TPSA) is 47.0 Å². The van der Waals surface area contributed by atoms with Crippen LogP contribution in [0.2, 0.25) is 0 Å². The van der Waals surface area contributed by atoms with Gasteiger partial charge < -0.3 is 10.1 Å². The number of methoxy groups -OCH3 is 1. The molecule has 2 rings (SSSR count). The zero-order chi connectivity index (χ0) is 12.3. The van der Waals surface area contributed by atoms with Crippen molar-refractivity contribution in [2.45, 2.75) is 37.1 Å². The first-order valence-electron chi connectivity index (χ1n) is 5.68. The fraction of sp³-hybridized carbons (Fsp3) is 0.636. The SMILES string of the molecule is COc1nc(NC2CCCCC2Cl)ncc1Br. The molecule has 6 heteroatoms. The lowest BCUT2D eigenvalue weighted by molar-refractivity contribution is 0.393. The van der Waals surface area contributed by atoms with Gasteiger partial charge in [0.25, 0.3) is 0 Å². The van der Waals surface area contributed by atoms with Gasteiger partial charge in [-0.15, -0.1) is 11.6 Å². The summed E-state index contributed by atoms with van der Waals surface area (Å²) in [4.78, 5) is 8.48. The summed E-state index contributed by atoms with van der Waals surface area (Å²) in [5.74, 6) is 1.10. The molecule has 0 saturated heterocycles. The van der Waals surface area contributed by atoms with Gasteiger partial charge in [-0.05, 0) is 28.8 Å². The van der Waals surface area contributed by atoms with Crippen LogP contribution in [0.1, 0.15) is 25.7 Å². The molecule has 1 aromatic rings. The molecular formula is C11H15BrClN3O. The molecule has 17 heavy (non-hydrogen) atoms. The standard InChI is InChI=1S/C11H15BrClN3O/c1-17-10-7(12)6-14-11(16-10)15-9-5-3-2-4-8(9)13/h6,8-9H,2-5H2,1H3,(H,14,15,16). The van der Waals surface area contributed by atoms with Gasteiger partial charge in [0.05, 0.1) is 23.2 Å². The van der Waals surface area contributed by atoms with Crippen molar-refractivity contribution < 1.29 is 4.74 Å². The van der Waals surface area contributed by atoms with E-state index in [-0.39, 0.29) is 11.4 Å². The molecule has 94 valence electrons. The van der Waals surface area contributed by atoms with Gasteiger partial charge in [-0.25, -0.2) is 4.98 Å². The molecule has 0 amide bonds. The van der Waals surface area contributed by atoms with Gasteiger partial charge in [-0.2, -0.15) is 4.98 Å². The van der Waals surface area contributed by atoms with E-state index in [1.54, 1.807) is 13.3 Å². The molecule has 4 nitrogen and oxygen atoms in total. The maximum atomic E-state index is 6.28. The lowest BCUT2D eigenvalue weighted by Crippen LogP contribution is -2.33. The van der Waals surface area contributed by atoms with Crippen molar-refractivity contribution in [3.05, 3.63) is 10.7 Å². The second-order valence-corrected chi connectivity index (χ2v) is 5.52. The van der Waals surface area contributed by atoms with Gasteiger partial charge in [0.2, 0.25) is 11.8 Å². The summed E-state index contributed by atoms with van der Waals surface area (Å²) in [5, 5.41) is 3.43. The monoisotopic (exact) mass is 319 g/mol. The average molecular weight is 321 g/mol. The largest absolute Gasteiger partial charge is 0.480 e. The van der Waals surface area contributed by atoms with E-state index in [0.29, 0.717) is 11.8 Å². The van der Waals surface area contributed by atoms with Gasteiger partial charge in [-0.3, -0.25) is 0 Å². The van der Waals surface area contributed by atoms with Crippen LogP contribution in [0.5, 0.6) is 5.88 Å². The third-order valence-corrected chi connectivity index (χ3v) is 3.97. The lowest BCUT2D eigenvalue weighted by Gasteiger charge is -2.27. The molecule has 1 aromatic heterocycles. The van der Waals surface area contributed by atoms with Crippen molar-refractivity contribution in [3.63, 3.8) is 0 Å². The quantitative estimate of drug-likeness (QED) is 0.869. The Morgan fingerprint density at radius 3 is 2.94 bits per heavy atom. The molecule has 2 unspecified atom stereocenters. The maximum Gasteiger partial charge on any atom is 0.232 e. The highest BCUT2D eigenvalue weighted by Gasteiger charge is 2.23. The minimum atomic E-state index is 0.155. The number of alkyl halides is 1. The summed E-state index contributed by atoms with van der Waals surface area (Å²) in [5.41, 5.74) is 0. The van der Waals surface area contributed by atoms with E-state index in [0.717, 1.165) is 17.3 Å². The van der Waals surface area contributed by atoms with Crippen LogP contribution in [0.15, 0.2) is 10.7 Å². The number of nitrogens with zero attached hydrogens (tertiary/aromatic N) is 2. The second kappa shape index (κ2) is 5.87. The molecule has 2 atom stereocenters. The van der Waals surface area contributed by atoms with E-state index in [9.17, 15) is 0 Å². The highest BCUT2D eigenvalue weighted by molar-refractivity contribution is 9.10. The van der Waals surface area contributed by atoms with Crippen molar-refractivity contribution >= 4 is 33.5 Å². The first-order valence-corrected chi connectivity index (χ1v) is 6.91. The van der Waals surface area contributed by atoms with Crippen LogP contribution in [0.3, 0.4) is 0 Å². The van der Waals surface area contributed by atoms with Crippen molar-refractivity contribution in [1.29, 1.82) is 0 Å². The van der Waals surface area contributed by atoms with Crippen LogP contribution in [0.4, 0.5) is 5.95 Å². The summed E-state index contributed by atoms with van der Waals surface area (Å²) in [6.07, 6.45) is 6.20. The highest BCUT2D eigenvalue weighted by atomic mass is 79.9. The van der Waals surface area contributed by atoms with Gasteiger partial charge in [0.15, 0.2) is 0 Å². The fourth-order valence-electron chi connectivity index (χ4n) is 1.98. The molecule has 1 heterocycles. The Kier molecular flexibility index (Phi) is 4.45. The first kappa shape index (κ1) is 12.9. The predicted octanol–water partition coefficient (Wildman–Crippen LogP) is 3.21. The normalized spacial score (nSPS) is 24.4. The molecule has 0 aliphatic heterocycles. The zero-order valence-electron chi connectivity index (χ0n) is 9.62. The second-order valence-electron chi connectivity index (χ2n) is 4.10. The fourth-order valence-corrected chi connectivity index (χ4v) is 2.67. The van der Waals surface area contributed by atoms with Crippen LogP contribution >= 0.6 is 27.5 Å². The highest BCUT2D eigenvalue weighted by Crippen LogP contribution is 2.27. The number of aromatic nitrogens is 2. The van der Waals surface area contributed by atoms with Crippen molar-refractivity contribution in [2.75, 3.05) is 12.4 Å². The predicted molar refractivity (Wildman–Crippen MR) is 71.8 cm³/mol. The van der Waals surface area contributed by atoms with E-state index < -0.39 is 0 Å². The zero-order valence-corrected chi connectivity index (χ0v) is 12.0. The Morgan fingerprint density at radius 1 is 1.47 bits per heavy atom. The summed E-state index contributed by atoms with van der Waals surface area (Å²) in [6, 6.07) is 0.247. The Morgan fingerprint density at radius 2 is 2.24 bits per heavy atom. The Labute approximate surface area is 114 Å². The molecule has 1 aliphatic rings. The van der Waals surface area contributed by atoms with Crippen LogP contribution in [-0.4, -0.2) is 28.5 Å². The van der Waals surface area contributed by atoms with Gasteiger partial charge in [0.1, 0.15) is 0 Å². The van der Waals surface area contributed by atoms with Crippen LogP contribution in [0, 0.1) is 0 Å². The van der Waals surface area contributed by atoms with E-state index in [1.165, 1.54) is 12.8 Å². The summed E-state index contributed by atoms with van der Waals surface area (Å²) >= 11 is 9.60. The summed E-state index contributed by atoms with van der Waals surface area (Å²) in [6.45, 7) is 0. The van der Waals surface area contributed by atoms with E-state index in [2.05, 4.69) is 31.2 Å². The summed E-state index contributed by atoms with van der Waals surface area (Å²) in [7, 11) is 1.59. The van der Waals surface area contributed by atoms with Gasteiger partial charge in [-0.1, -0.05) is 12.8 Å². The van der Waals surface area contributed by atoms with Gasteiger partial charge >= 0.3 is 0 Å². The van der Waals surface area contributed by atoms with E-state index >= 15 is 0 Å². The molecule has 1 aliphatic carbocycles. The first-order chi connectivity index (χ1) is 8.20. The minimum Gasteiger partial charge on any atom is -0.480 e. The number of ether oxygens (including phenoxy) is 1. The molecular weight excluding hydrogens is 305 g/mol. The van der Waals surface area contributed by atoms with Crippen LogP contribution in [0.25, 0.3) is 0 Å². The molecule has 0 spiro atoms. The van der Waals surface area contributed by atoms with Crippen molar-refractivity contribution in [1.82, 2.24) is 9.97 Å². The number of hydrogen-bond acceptors (Lipinski definition) is 4. The third-order valence-electron chi connectivity index (χ3n) is 2.90. The molecule has 1 N–H and O–H groups in total. The van der Waals surface area contributed by atoms with Gasteiger partial charge in [0, 0.05) is 6.04 Å². The minimum absolute atomic E-state index is 0.155. The van der Waals surface area contributed by atoms with Crippen LogP contribution in [-0.2, 0) is 0 Å². The molecule has 1 fully saturated rings. The number of nitrogens with one attached hydrogen (secondary N) is 1. The average Bonchev–Trinajstić information content (AvgIpc) is 2.34. The van der Waals surface area contributed by atoms with Crippen LogP contribution < -0.4 is 10.1 Å². The number of halogens is 2. The lowest BCUT2D eigenvalue weighted by atomic mass is 9.95. The molecule has 0 bridgehead atoms. The Bertz CT molecular complexity index is 391. The number of anilines is 1. The van der Waals surface area contributed by atoms with E-state index in [1.807, 2.05) is 0 Å². The van der Waals surface area contributed by atoms with Crippen molar-refractivity contribution in [3.8, 4) is 5.88 Å². The molecule has 0 radical (unpaired) electrons. The maximum absolute atomic E-state index is 6.28. The number of rotatable bonds is 3. The van der Waals surface area contributed by atoms with E-state index in [4.69, 9.17) is 16.3 Å². The molecule has 1 saturated carbocycles. The third kappa shape index (κ3) is 3.22. The smallest absolute Gasteiger partial charge is 0.232 e. The Hall–Kier alpha value is -0.550. The Balaban J connectivity index is 2.07. The molecule has 0 aromatic carbocycles.